The quantitative estimate of drug-likeness (QED) is 0.626. The molecule has 0 saturated carbocycles. The number of fused-ring (bicyclic) bond motifs is 1. The molecule has 1 heterocycles. The number of hydrogen-bond acceptors (Lipinski definition) is 4. The van der Waals surface area contributed by atoms with E-state index in [0.717, 1.165) is 22.3 Å². The molecule has 0 fully saturated rings. The van der Waals surface area contributed by atoms with Crippen molar-refractivity contribution in [3.05, 3.63) is 65.9 Å². The van der Waals surface area contributed by atoms with Gasteiger partial charge in [0.2, 0.25) is 10.0 Å². The van der Waals surface area contributed by atoms with Crippen LogP contribution in [0.25, 0.3) is 11.0 Å². The standard InChI is InChI=1S/C21H26N2O3S/c1-4-23(5-2)27(24,25)20-12-10-17(11-13-20)16(3)22-15-19-14-18-8-6-7-9-21(18)26-19/h6-14,16,22H,4-5,15H2,1-3H3. The van der Waals surface area contributed by atoms with Crippen molar-refractivity contribution >= 4 is 21.0 Å². The number of nitrogens with one attached hydrogen (secondary N) is 1. The molecule has 1 unspecified atom stereocenters. The van der Waals surface area contributed by atoms with E-state index in [0.29, 0.717) is 24.5 Å². The van der Waals surface area contributed by atoms with E-state index in [2.05, 4.69) is 12.2 Å². The molecule has 3 aromatic rings. The Hall–Kier alpha value is -2.15. The van der Waals surface area contributed by atoms with Crippen molar-refractivity contribution < 1.29 is 12.8 Å². The SMILES string of the molecule is CCN(CC)S(=O)(=O)c1ccc(C(C)NCc2cc3ccccc3o2)cc1. The van der Waals surface area contributed by atoms with Gasteiger partial charge in [0, 0.05) is 24.5 Å². The highest BCUT2D eigenvalue weighted by Crippen LogP contribution is 2.21. The molecule has 6 heteroatoms. The average molecular weight is 387 g/mol. The van der Waals surface area contributed by atoms with Crippen LogP contribution in [0, 0.1) is 0 Å². The Morgan fingerprint density at radius 1 is 1.04 bits per heavy atom. The molecule has 0 radical (unpaired) electrons. The summed E-state index contributed by atoms with van der Waals surface area (Å²) in [4.78, 5) is 0.333. The summed E-state index contributed by atoms with van der Waals surface area (Å²) in [5.41, 5.74) is 1.91. The summed E-state index contributed by atoms with van der Waals surface area (Å²) in [6.45, 7) is 7.29. The molecule has 5 nitrogen and oxygen atoms in total. The predicted molar refractivity (Wildman–Crippen MR) is 108 cm³/mol. The Labute approximate surface area is 161 Å². The van der Waals surface area contributed by atoms with Crippen molar-refractivity contribution in [2.75, 3.05) is 13.1 Å². The average Bonchev–Trinajstić information content (AvgIpc) is 3.10. The fourth-order valence-corrected chi connectivity index (χ4v) is 4.59. The van der Waals surface area contributed by atoms with E-state index >= 15 is 0 Å². The van der Waals surface area contributed by atoms with E-state index < -0.39 is 10.0 Å². The van der Waals surface area contributed by atoms with Crippen LogP contribution >= 0.6 is 0 Å². The van der Waals surface area contributed by atoms with E-state index in [1.807, 2.05) is 56.3 Å². The number of nitrogens with zero attached hydrogens (tertiary/aromatic N) is 1. The van der Waals surface area contributed by atoms with Gasteiger partial charge in [0.25, 0.3) is 0 Å². The van der Waals surface area contributed by atoms with Gasteiger partial charge in [-0.15, -0.1) is 0 Å². The van der Waals surface area contributed by atoms with E-state index in [9.17, 15) is 8.42 Å². The third-order valence-electron chi connectivity index (χ3n) is 4.78. The van der Waals surface area contributed by atoms with Gasteiger partial charge >= 0.3 is 0 Å². The van der Waals surface area contributed by atoms with Crippen molar-refractivity contribution in [1.82, 2.24) is 9.62 Å². The third-order valence-corrected chi connectivity index (χ3v) is 6.85. The van der Waals surface area contributed by atoms with Crippen LogP contribution in [0.1, 0.15) is 38.1 Å². The van der Waals surface area contributed by atoms with Crippen molar-refractivity contribution in [2.45, 2.75) is 38.3 Å². The molecule has 0 aliphatic rings. The highest BCUT2D eigenvalue weighted by Gasteiger charge is 2.21. The molecule has 1 atom stereocenters. The molecule has 0 aliphatic heterocycles. The lowest BCUT2D eigenvalue weighted by atomic mass is 10.1. The highest BCUT2D eigenvalue weighted by molar-refractivity contribution is 7.89. The Morgan fingerprint density at radius 3 is 2.33 bits per heavy atom. The largest absolute Gasteiger partial charge is 0.460 e. The van der Waals surface area contributed by atoms with E-state index in [1.165, 1.54) is 4.31 Å². The van der Waals surface area contributed by atoms with Crippen molar-refractivity contribution in [2.24, 2.45) is 0 Å². The predicted octanol–water partition coefficient (Wildman–Crippen LogP) is 4.31. The fraction of sp³-hybridized carbons (Fsp3) is 0.333. The van der Waals surface area contributed by atoms with Gasteiger partial charge in [0.05, 0.1) is 11.4 Å². The molecular formula is C21H26N2O3S. The second kappa shape index (κ2) is 8.25. The second-order valence-corrected chi connectivity index (χ2v) is 8.45. The summed E-state index contributed by atoms with van der Waals surface area (Å²) in [5.74, 6) is 0.879. The molecule has 144 valence electrons. The van der Waals surface area contributed by atoms with Crippen molar-refractivity contribution in [1.29, 1.82) is 0 Å². The molecular weight excluding hydrogens is 360 g/mol. The number of benzene rings is 2. The molecule has 3 rings (SSSR count). The van der Waals surface area contributed by atoms with E-state index in [4.69, 9.17) is 4.42 Å². The van der Waals surface area contributed by atoms with E-state index in [-0.39, 0.29) is 6.04 Å². The molecule has 0 saturated heterocycles. The Kier molecular flexibility index (Phi) is 5.99. The van der Waals surface area contributed by atoms with Gasteiger partial charge in [-0.1, -0.05) is 44.2 Å². The third kappa shape index (κ3) is 4.24. The first-order chi connectivity index (χ1) is 13.0. The van der Waals surface area contributed by atoms with Crippen LogP contribution in [-0.2, 0) is 16.6 Å². The smallest absolute Gasteiger partial charge is 0.243 e. The maximum Gasteiger partial charge on any atom is 0.243 e. The first kappa shape index (κ1) is 19.6. The van der Waals surface area contributed by atoms with Gasteiger partial charge in [-0.2, -0.15) is 4.31 Å². The molecule has 2 aromatic carbocycles. The van der Waals surface area contributed by atoms with Crippen LogP contribution in [0.2, 0.25) is 0 Å². The van der Waals surface area contributed by atoms with Gasteiger partial charge in [-0.3, -0.25) is 0 Å². The van der Waals surface area contributed by atoms with Crippen molar-refractivity contribution in [3.63, 3.8) is 0 Å². The van der Waals surface area contributed by atoms with Gasteiger partial charge in [0.1, 0.15) is 11.3 Å². The second-order valence-electron chi connectivity index (χ2n) is 6.51. The maximum absolute atomic E-state index is 12.6. The molecule has 0 bridgehead atoms. The number of sulfonamides is 1. The number of hydrogen-bond donors (Lipinski definition) is 1. The summed E-state index contributed by atoms with van der Waals surface area (Å²) in [6, 6.07) is 17.1. The summed E-state index contributed by atoms with van der Waals surface area (Å²) < 4.78 is 32.4. The van der Waals surface area contributed by atoms with Gasteiger partial charge < -0.3 is 9.73 Å². The lowest BCUT2D eigenvalue weighted by Crippen LogP contribution is -2.30. The minimum Gasteiger partial charge on any atom is -0.460 e. The van der Waals surface area contributed by atoms with Gasteiger partial charge in [-0.25, -0.2) is 8.42 Å². The van der Waals surface area contributed by atoms with Gasteiger partial charge in [0.15, 0.2) is 0 Å². The molecule has 1 aromatic heterocycles. The van der Waals surface area contributed by atoms with Crippen LogP contribution in [0.4, 0.5) is 0 Å². The minimum absolute atomic E-state index is 0.0726. The zero-order valence-electron chi connectivity index (χ0n) is 16.0. The molecule has 1 N–H and O–H groups in total. The zero-order chi connectivity index (χ0) is 19.4. The molecule has 27 heavy (non-hydrogen) atoms. The summed E-state index contributed by atoms with van der Waals surface area (Å²) in [6.07, 6.45) is 0. The van der Waals surface area contributed by atoms with Crippen molar-refractivity contribution in [3.8, 4) is 0 Å². The summed E-state index contributed by atoms with van der Waals surface area (Å²) in [5, 5.41) is 4.52. The van der Waals surface area contributed by atoms with Gasteiger partial charge in [-0.05, 0) is 36.8 Å². The number of rotatable bonds is 8. The van der Waals surface area contributed by atoms with Crippen LogP contribution in [0.15, 0.2) is 63.9 Å². The number of furan rings is 1. The summed E-state index contributed by atoms with van der Waals surface area (Å²) >= 11 is 0. The normalized spacial score (nSPS) is 13.3. The Bertz CT molecular complexity index is 957. The molecule has 0 amide bonds. The number of para-hydroxylation sites is 1. The van der Waals surface area contributed by atoms with E-state index in [1.54, 1.807) is 12.1 Å². The Balaban J connectivity index is 1.67. The zero-order valence-corrected chi connectivity index (χ0v) is 16.8. The highest BCUT2D eigenvalue weighted by atomic mass is 32.2. The Morgan fingerprint density at radius 2 is 1.70 bits per heavy atom. The first-order valence-electron chi connectivity index (χ1n) is 9.26. The van der Waals surface area contributed by atoms with Crippen LogP contribution in [0.5, 0.6) is 0 Å². The maximum atomic E-state index is 12.6. The lowest BCUT2D eigenvalue weighted by Gasteiger charge is -2.19. The topological polar surface area (TPSA) is 62.6 Å². The fourth-order valence-electron chi connectivity index (χ4n) is 3.14. The molecule has 0 spiro atoms. The van der Waals surface area contributed by atoms with Crippen LogP contribution in [0.3, 0.4) is 0 Å². The minimum atomic E-state index is -3.42. The van der Waals surface area contributed by atoms with Crippen LogP contribution < -0.4 is 5.32 Å². The first-order valence-corrected chi connectivity index (χ1v) is 10.7. The summed E-state index contributed by atoms with van der Waals surface area (Å²) in [7, 11) is -3.42. The van der Waals surface area contributed by atoms with Crippen LogP contribution in [-0.4, -0.2) is 25.8 Å². The molecule has 0 aliphatic carbocycles. The monoisotopic (exact) mass is 386 g/mol. The lowest BCUT2D eigenvalue weighted by molar-refractivity contribution is 0.445.